The predicted octanol–water partition coefficient (Wildman–Crippen LogP) is 2.07. The summed E-state index contributed by atoms with van der Waals surface area (Å²) in [6.07, 6.45) is 2.50. The van der Waals surface area contributed by atoms with Crippen LogP contribution in [0.2, 0.25) is 0 Å². The van der Waals surface area contributed by atoms with Crippen LogP contribution in [0.4, 0.5) is 5.82 Å². The fourth-order valence-electron chi connectivity index (χ4n) is 2.52. The van der Waals surface area contributed by atoms with Crippen molar-refractivity contribution in [3.05, 3.63) is 17.1 Å². The Bertz CT molecular complexity index is 584. The summed E-state index contributed by atoms with van der Waals surface area (Å²) in [4.78, 5) is 9.17. The Labute approximate surface area is 121 Å². The summed E-state index contributed by atoms with van der Waals surface area (Å²) in [6.45, 7) is 7.05. The number of rotatable bonds is 5. The van der Waals surface area contributed by atoms with Crippen LogP contribution in [0.1, 0.15) is 49.7 Å². The molecule has 0 bridgehead atoms. The summed E-state index contributed by atoms with van der Waals surface area (Å²) < 4.78 is 23.2. The Hall–Kier alpha value is -1.17. The molecule has 1 aromatic heterocycles. The minimum absolute atomic E-state index is 0.0481. The van der Waals surface area contributed by atoms with Gasteiger partial charge in [0.2, 0.25) is 0 Å². The number of sulfone groups is 1. The van der Waals surface area contributed by atoms with Crippen LogP contribution < -0.4 is 5.32 Å². The smallest absolute Gasteiger partial charge is 0.151 e. The zero-order chi connectivity index (χ0) is 14.8. The molecule has 0 aromatic carbocycles. The van der Waals surface area contributed by atoms with Gasteiger partial charge in [0.15, 0.2) is 9.84 Å². The van der Waals surface area contributed by atoms with Crippen LogP contribution in [0.3, 0.4) is 0 Å². The minimum atomic E-state index is -2.90. The number of aryl methyl sites for hydroxylation is 1. The standard InChI is InChI=1S/C14H23N3O2S/c1-4-7-15-13-10(3)12(5-2)16-14(17-13)11-6-8-20(18,19)9-11/h11H,4-9H2,1-3H3,(H,15,16,17). The SMILES string of the molecule is CCCNc1nc(C2CCS(=O)(=O)C2)nc(CC)c1C. The van der Waals surface area contributed by atoms with Crippen molar-refractivity contribution in [3.63, 3.8) is 0 Å². The molecule has 1 atom stereocenters. The van der Waals surface area contributed by atoms with E-state index in [2.05, 4.69) is 29.1 Å². The number of anilines is 1. The molecule has 6 heteroatoms. The van der Waals surface area contributed by atoms with E-state index < -0.39 is 9.84 Å². The molecule has 0 radical (unpaired) electrons. The maximum atomic E-state index is 11.6. The molecule has 1 unspecified atom stereocenters. The highest BCUT2D eigenvalue weighted by Gasteiger charge is 2.31. The van der Waals surface area contributed by atoms with Gasteiger partial charge >= 0.3 is 0 Å². The van der Waals surface area contributed by atoms with Gasteiger partial charge in [0.05, 0.1) is 11.5 Å². The van der Waals surface area contributed by atoms with E-state index in [1.54, 1.807) is 0 Å². The van der Waals surface area contributed by atoms with Gasteiger partial charge in [-0.1, -0.05) is 13.8 Å². The minimum Gasteiger partial charge on any atom is -0.370 e. The van der Waals surface area contributed by atoms with Crippen molar-refractivity contribution in [1.82, 2.24) is 9.97 Å². The van der Waals surface area contributed by atoms with E-state index in [1.807, 2.05) is 6.92 Å². The maximum absolute atomic E-state index is 11.6. The monoisotopic (exact) mass is 297 g/mol. The lowest BCUT2D eigenvalue weighted by Gasteiger charge is -2.15. The summed E-state index contributed by atoms with van der Waals surface area (Å²) in [5.41, 5.74) is 2.09. The summed E-state index contributed by atoms with van der Waals surface area (Å²) >= 11 is 0. The number of nitrogens with one attached hydrogen (secondary N) is 1. The summed E-state index contributed by atoms with van der Waals surface area (Å²) in [7, 11) is -2.90. The third-order valence-electron chi connectivity index (χ3n) is 3.74. The first-order chi connectivity index (χ1) is 9.46. The first-order valence-electron chi connectivity index (χ1n) is 7.28. The number of aromatic nitrogens is 2. The Morgan fingerprint density at radius 2 is 2.05 bits per heavy atom. The average Bonchev–Trinajstić information content (AvgIpc) is 2.78. The second-order valence-electron chi connectivity index (χ2n) is 5.38. The van der Waals surface area contributed by atoms with E-state index in [4.69, 9.17) is 0 Å². The third kappa shape index (κ3) is 3.29. The fourth-order valence-corrected chi connectivity index (χ4v) is 4.26. The van der Waals surface area contributed by atoms with Crippen molar-refractivity contribution < 1.29 is 8.42 Å². The first kappa shape index (κ1) is 15.2. The van der Waals surface area contributed by atoms with Crippen LogP contribution in [-0.2, 0) is 16.3 Å². The van der Waals surface area contributed by atoms with E-state index in [1.165, 1.54) is 0 Å². The first-order valence-corrected chi connectivity index (χ1v) is 9.10. The lowest BCUT2D eigenvalue weighted by Crippen LogP contribution is -2.13. The van der Waals surface area contributed by atoms with Crippen molar-refractivity contribution in [1.29, 1.82) is 0 Å². The molecule has 112 valence electrons. The topological polar surface area (TPSA) is 72.0 Å². The Morgan fingerprint density at radius 3 is 2.60 bits per heavy atom. The third-order valence-corrected chi connectivity index (χ3v) is 5.51. The fraction of sp³-hybridized carbons (Fsp3) is 0.714. The van der Waals surface area contributed by atoms with Gasteiger partial charge in [0.25, 0.3) is 0 Å². The molecule has 0 aliphatic carbocycles. The molecule has 1 aromatic rings. The van der Waals surface area contributed by atoms with Gasteiger partial charge in [0.1, 0.15) is 11.6 Å². The van der Waals surface area contributed by atoms with Gasteiger partial charge in [0, 0.05) is 23.7 Å². The molecule has 5 nitrogen and oxygen atoms in total. The molecule has 0 amide bonds. The van der Waals surface area contributed by atoms with Crippen LogP contribution in [0.15, 0.2) is 0 Å². The second-order valence-corrected chi connectivity index (χ2v) is 7.61. The summed E-state index contributed by atoms with van der Waals surface area (Å²) in [6, 6.07) is 0. The zero-order valence-electron chi connectivity index (χ0n) is 12.4. The predicted molar refractivity (Wildman–Crippen MR) is 80.9 cm³/mol. The van der Waals surface area contributed by atoms with Gasteiger partial charge in [-0.3, -0.25) is 0 Å². The van der Waals surface area contributed by atoms with Crippen molar-refractivity contribution in [3.8, 4) is 0 Å². The van der Waals surface area contributed by atoms with Crippen molar-refractivity contribution in [2.45, 2.75) is 46.0 Å². The molecule has 1 N–H and O–H groups in total. The van der Waals surface area contributed by atoms with E-state index in [9.17, 15) is 8.42 Å². The van der Waals surface area contributed by atoms with E-state index >= 15 is 0 Å². The van der Waals surface area contributed by atoms with Crippen molar-refractivity contribution >= 4 is 15.7 Å². The number of hydrogen-bond acceptors (Lipinski definition) is 5. The van der Waals surface area contributed by atoms with Gasteiger partial charge < -0.3 is 5.32 Å². The molecule has 1 saturated heterocycles. The highest BCUT2D eigenvalue weighted by atomic mass is 32.2. The van der Waals surface area contributed by atoms with Crippen LogP contribution in [0, 0.1) is 6.92 Å². The lowest BCUT2D eigenvalue weighted by atomic mass is 10.1. The van der Waals surface area contributed by atoms with Crippen LogP contribution in [0.25, 0.3) is 0 Å². The van der Waals surface area contributed by atoms with E-state index in [0.29, 0.717) is 12.2 Å². The molecule has 1 aliphatic rings. The Morgan fingerprint density at radius 1 is 1.30 bits per heavy atom. The van der Waals surface area contributed by atoms with Gasteiger partial charge in [-0.15, -0.1) is 0 Å². The number of hydrogen-bond donors (Lipinski definition) is 1. The van der Waals surface area contributed by atoms with Crippen LogP contribution in [-0.4, -0.2) is 36.4 Å². The largest absolute Gasteiger partial charge is 0.370 e. The molecule has 0 saturated carbocycles. The molecule has 2 heterocycles. The van der Waals surface area contributed by atoms with Gasteiger partial charge in [-0.2, -0.15) is 0 Å². The van der Waals surface area contributed by atoms with Gasteiger partial charge in [-0.05, 0) is 26.2 Å². The summed E-state index contributed by atoms with van der Waals surface area (Å²) in [5, 5.41) is 3.32. The van der Waals surface area contributed by atoms with Crippen molar-refractivity contribution in [2.24, 2.45) is 0 Å². The highest BCUT2D eigenvalue weighted by molar-refractivity contribution is 7.91. The van der Waals surface area contributed by atoms with E-state index in [-0.39, 0.29) is 17.4 Å². The molecule has 20 heavy (non-hydrogen) atoms. The quantitative estimate of drug-likeness (QED) is 0.901. The molecule has 1 aliphatic heterocycles. The van der Waals surface area contributed by atoms with Gasteiger partial charge in [-0.25, -0.2) is 18.4 Å². The molecule has 1 fully saturated rings. The molecular weight excluding hydrogens is 274 g/mol. The Kier molecular flexibility index (Phi) is 4.62. The van der Waals surface area contributed by atoms with Crippen molar-refractivity contribution in [2.75, 3.05) is 23.4 Å². The maximum Gasteiger partial charge on any atom is 0.151 e. The number of nitrogens with zero attached hydrogens (tertiary/aromatic N) is 2. The molecular formula is C14H23N3O2S. The van der Waals surface area contributed by atoms with Crippen LogP contribution in [0.5, 0.6) is 0 Å². The summed E-state index contributed by atoms with van der Waals surface area (Å²) in [5.74, 6) is 1.94. The highest BCUT2D eigenvalue weighted by Crippen LogP contribution is 2.28. The lowest BCUT2D eigenvalue weighted by molar-refractivity contribution is 0.601. The molecule has 0 spiro atoms. The van der Waals surface area contributed by atoms with Crippen LogP contribution >= 0.6 is 0 Å². The normalized spacial score (nSPS) is 21.1. The Balaban J connectivity index is 2.33. The molecule has 2 rings (SSSR count). The van der Waals surface area contributed by atoms with E-state index in [0.717, 1.165) is 36.5 Å². The zero-order valence-corrected chi connectivity index (χ0v) is 13.3. The average molecular weight is 297 g/mol. The second kappa shape index (κ2) is 6.08.